The minimum absolute atomic E-state index is 0.393. The van der Waals surface area contributed by atoms with Crippen molar-refractivity contribution in [3.05, 3.63) is 12.2 Å². The van der Waals surface area contributed by atoms with Crippen LogP contribution in [0, 0.1) is 0 Å². The molecule has 4 nitrogen and oxygen atoms in total. The lowest BCUT2D eigenvalue weighted by Gasteiger charge is -2.07. The average molecular weight is 202 g/mol. The number of aliphatic hydroxyl groups is 2. The van der Waals surface area contributed by atoms with Crippen LogP contribution in [-0.2, 0) is 9.53 Å². The van der Waals surface area contributed by atoms with E-state index >= 15 is 0 Å². The number of hydrogen-bond acceptors (Lipinski definition) is 4. The predicted octanol–water partition coefficient (Wildman–Crippen LogP) is 0.628. The minimum Gasteiger partial charge on any atom is -0.463 e. The van der Waals surface area contributed by atoms with Gasteiger partial charge in [0.2, 0.25) is 0 Å². The van der Waals surface area contributed by atoms with Crippen LogP contribution in [0.2, 0.25) is 0 Å². The van der Waals surface area contributed by atoms with Gasteiger partial charge in [-0.1, -0.05) is 13.3 Å². The number of unbranched alkanes of at least 4 members (excludes halogenated alkanes) is 1. The molecule has 2 atom stereocenters. The van der Waals surface area contributed by atoms with Gasteiger partial charge in [0.15, 0.2) is 0 Å². The van der Waals surface area contributed by atoms with Gasteiger partial charge in [-0.3, -0.25) is 0 Å². The molecular weight excluding hydrogens is 184 g/mol. The third kappa shape index (κ3) is 6.62. The summed E-state index contributed by atoms with van der Waals surface area (Å²) in [7, 11) is 0. The summed E-state index contributed by atoms with van der Waals surface area (Å²) in [5.41, 5.74) is 0. The fraction of sp³-hybridized carbons (Fsp3) is 0.700. The van der Waals surface area contributed by atoms with Crippen LogP contribution in [0.15, 0.2) is 12.2 Å². The number of carbonyl (C=O) groups excluding carboxylic acids is 1. The van der Waals surface area contributed by atoms with Crippen molar-refractivity contribution in [2.45, 2.75) is 38.9 Å². The van der Waals surface area contributed by atoms with Crippen LogP contribution < -0.4 is 0 Å². The van der Waals surface area contributed by atoms with Crippen molar-refractivity contribution in [2.24, 2.45) is 0 Å². The molecule has 0 saturated heterocycles. The Balaban J connectivity index is 3.70. The van der Waals surface area contributed by atoms with Crippen LogP contribution in [-0.4, -0.2) is 35.0 Å². The maximum Gasteiger partial charge on any atom is 0.330 e. The van der Waals surface area contributed by atoms with Gasteiger partial charge in [-0.2, -0.15) is 0 Å². The molecule has 0 unspecified atom stereocenters. The molecule has 0 aliphatic rings. The quantitative estimate of drug-likeness (QED) is 0.376. The molecule has 0 aliphatic carbocycles. The largest absolute Gasteiger partial charge is 0.463 e. The highest BCUT2D eigenvalue weighted by atomic mass is 16.5. The molecule has 0 saturated carbocycles. The molecule has 0 aromatic carbocycles. The molecule has 0 aliphatic heterocycles. The van der Waals surface area contributed by atoms with Gasteiger partial charge in [-0.05, 0) is 19.4 Å². The Bertz CT molecular complexity index is 187. The van der Waals surface area contributed by atoms with Crippen LogP contribution in [0.25, 0.3) is 0 Å². The van der Waals surface area contributed by atoms with Crippen molar-refractivity contribution in [3.63, 3.8) is 0 Å². The zero-order chi connectivity index (χ0) is 11.0. The Hall–Kier alpha value is -0.870. The summed E-state index contributed by atoms with van der Waals surface area (Å²) in [6.45, 7) is 3.84. The molecule has 0 radical (unpaired) electrons. The van der Waals surface area contributed by atoms with Crippen LogP contribution in [0.1, 0.15) is 26.7 Å². The van der Waals surface area contributed by atoms with E-state index < -0.39 is 18.2 Å². The Morgan fingerprint density at radius 3 is 2.64 bits per heavy atom. The lowest BCUT2D eigenvalue weighted by atomic mass is 10.2. The number of ether oxygens (including phenoxy) is 1. The molecule has 4 heteroatoms. The van der Waals surface area contributed by atoms with E-state index in [0.717, 1.165) is 18.9 Å². The van der Waals surface area contributed by atoms with Crippen LogP contribution >= 0.6 is 0 Å². The number of carbonyl (C=O) groups is 1. The van der Waals surface area contributed by atoms with E-state index in [2.05, 4.69) is 0 Å². The molecule has 0 rings (SSSR count). The normalized spacial score (nSPS) is 15.4. The number of hydrogen-bond donors (Lipinski definition) is 2. The standard InChI is InChI=1S/C10H18O4/c1-3-4-7-14-10(13)6-5-9(12)8(2)11/h5-6,8-9,11-12H,3-4,7H2,1-2H3/b6-5+/t8-,9-/m0/s1. The lowest BCUT2D eigenvalue weighted by molar-refractivity contribution is -0.137. The van der Waals surface area contributed by atoms with Crippen LogP contribution in [0.4, 0.5) is 0 Å². The molecule has 14 heavy (non-hydrogen) atoms. The molecule has 0 spiro atoms. The Morgan fingerprint density at radius 2 is 2.14 bits per heavy atom. The van der Waals surface area contributed by atoms with Gasteiger partial charge >= 0.3 is 5.97 Å². The SMILES string of the molecule is CCCCOC(=O)/C=C/[C@H](O)[C@H](C)O. The van der Waals surface area contributed by atoms with Crippen molar-refractivity contribution in [1.29, 1.82) is 0 Å². The van der Waals surface area contributed by atoms with E-state index in [4.69, 9.17) is 14.9 Å². The first kappa shape index (κ1) is 13.1. The summed E-state index contributed by atoms with van der Waals surface area (Å²) in [6, 6.07) is 0. The fourth-order valence-corrected chi connectivity index (χ4v) is 0.703. The van der Waals surface area contributed by atoms with Crippen molar-refractivity contribution in [2.75, 3.05) is 6.61 Å². The van der Waals surface area contributed by atoms with Gasteiger partial charge in [0, 0.05) is 6.08 Å². The highest BCUT2D eigenvalue weighted by molar-refractivity contribution is 5.81. The summed E-state index contributed by atoms with van der Waals surface area (Å²) in [4.78, 5) is 10.9. The molecule has 0 aromatic rings. The first-order valence-electron chi connectivity index (χ1n) is 4.79. The maximum absolute atomic E-state index is 10.9. The van der Waals surface area contributed by atoms with E-state index in [0.29, 0.717) is 6.61 Å². The zero-order valence-corrected chi connectivity index (χ0v) is 8.64. The van der Waals surface area contributed by atoms with Crippen molar-refractivity contribution in [1.82, 2.24) is 0 Å². The van der Waals surface area contributed by atoms with Crippen molar-refractivity contribution >= 4 is 5.97 Å². The minimum atomic E-state index is -1.02. The number of esters is 1. The zero-order valence-electron chi connectivity index (χ0n) is 8.64. The topological polar surface area (TPSA) is 66.8 Å². The first-order chi connectivity index (χ1) is 6.57. The Kier molecular flexibility index (Phi) is 7.06. The monoisotopic (exact) mass is 202 g/mol. The van der Waals surface area contributed by atoms with E-state index in [9.17, 15) is 4.79 Å². The number of rotatable bonds is 6. The predicted molar refractivity (Wildman–Crippen MR) is 52.7 cm³/mol. The molecule has 0 amide bonds. The van der Waals surface area contributed by atoms with E-state index in [1.54, 1.807) is 0 Å². The summed E-state index contributed by atoms with van der Waals surface area (Å²) in [5, 5.41) is 18.0. The average Bonchev–Trinajstić information content (AvgIpc) is 2.14. The van der Waals surface area contributed by atoms with Gasteiger partial charge in [-0.15, -0.1) is 0 Å². The summed E-state index contributed by atoms with van der Waals surface area (Å²) < 4.78 is 4.79. The van der Waals surface area contributed by atoms with E-state index in [-0.39, 0.29) is 0 Å². The van der Waals surface area contributed by atoms with Crippen LogP contribution in [0.3, 0.4) is 0 Å². The van der Waals surface area contributed by atoms with Crippen molar-refractivity contribution in [3.8, 4) is 0 Å². The maximum atomic E-state index is 10.9. The van der Waals surface area contributed by atoms with Gasteiger partial charge < -0.3 is 14.9 Å². The second-order valence-corrected chi connectivity index (χ2v) is 3.11. The molecule has 0 heterocycles. The van der Waals surface area contributed by atoms with Crippen LogP contribution in [0.5, 0.6) is 0 Å². The summed E-state index contributed by atoms with van der Waals surface area (Å²) >= 11 is 0. The highest BCUT2D eigenvalue weighted by Crippen LogP contribution is 1.95. The first-order valence-corrected chi connectivity index (χ1v) is 4.79. The smallest absolute Gasteiger partial charge is 0.330 e. The second kappa shape index (κ2) is 7.53. The molecule has 2 N–H and O–H groups in total. The Labute approximate surface area is 84.2 Å². The Morgan fingerprint density at radius 1 is 1.50 bits per heavy atom. The fourth-order valence-electron chi connectivity index (χ4n) is 0.703. The molecule has 0 aromatic heterocycles. The third-order valence-corrected chi connectivity index (χ3v) is 1.67. The molecule has 0 fully saturated rings. The van der Waals surface area contributed by atoms with E-state index in [1.165, 1.54) is 13.0 Å². The van der Waals surface area contributed by atoms with Gasteiger partial charge in [0.25, 0.3) is 0 Å². The van der Waals surface area contributed by atoms with E-state index in [1.807, 2.05) is 6.92 Å². The summed E-state index contributed by atoms with van der Waals surface area (Å²) in [5.74, 6) is -0.488. The molecule has 82 valence electrons. The lowest BCUT2D eigenvalue weighted by Crippen LogP contribution is -2.20. The number of aliphatic hydroxyl groups excluding tert-OH is 2. The molecular formula is C10H18O4. The van der Waals surface area contributed by atoms with Gasteiger partial charge in [0.1, 0.15) is 0 Å². The second-order valence-electron chi connectivity index (χ2n) is 3.11. The van der Waals surface area contributed by atoms with Crippen molar-refractivity contribution < 1.29 is 19.7 Å². The summed E-state index contributed by atoms with van der Waals surface area (Å²) in [6.07, 6.45) is 2.25. The van der Waals surface area contributed by atoms with Gasteiger partial charge in [-0.25, -0.2) is 4.79 Å². The van der Waals surface area contributed by atoms with Gasteiger partial charge in [0.05, 0.1) is 18.8 Å². The molecule has 0 bridgehead atoms. The third-order valence-electron chi connectivity index (χ3n) is 1.67. The highest BCUT2D eigenvalue weighted by Gasteiger charge is 2.06.